The Morgan fingerprint density at radius 2 is 1.72 bits per heavy atom. The first-order valence-corrected chi connectivity index (χ1v) is 13.7. The Morgan fingerprint density at radius 3 is 2.25 bits per heavy atom. The van der Waals surface area contributed by atoms with Gasteiger partial charge in [-0.1, -0.05) is 35.1 Å². The largest absolute Gasteiger partial charge is 0.513 e. The molecule has 1 aliphatic heterocycles. The molecule has 1 saturated carbocycles. The van der Waals surface area contributed by atoms with Crippen molar-refractivity contribution >= 4 is 11.6 Å². The second-order valence-electron chi connectivity index (χ2n) is 11.9. The number of likely N-dealkylation sites (tertiary alicyclic amines) is 1. The number of nitrogens with one attached hydrogen (secondary N) is 1. The van der Waals surface area contributed by atoms with E-state index < -0.39 is 0 Å². The van der Waals surface area contributed by atoms with Gasteiger partial charge in [0.25, 0.3) is 0 Å². The summed E-state index contributed by atoms with van der Waals surface area (Å²) in [4.78, 5) is 2.75. The molecule has 2 fully saturated rings. The molecule has 0 aromatic heterocycles. The number of piperidine rings is 1. The maximum Gasteiger partial charge on any atom is 0.0883 e. The van der Waals surface area contributed by atoms with Crippen LogP contribution in [0.2, 0.25) is 0 Å². The predicted molar refractivity (Wildman–Crippen MR) is 156 cm³/mol. The quantitative estimate of drug-likeness (QED) is 0.274. The van der Waals surface area contributed by atoms with Crippen molar-refractivity contribution in [2.24, 2.45) is 29.1 Å². The van der Waals surface area contributed by atoms with Gasteiger partial charge in [-0.2, -0.15) is 0 Å². The molecule has 0 spiro atoms. The second-order valence-corrected chi connectivity index (χ2v) is 12.5. The zero-order valence-electron chi connectivity index (χ0n) is 22.9. The van der Waals surface area contributed by atoms with Gasteiger partial charge in [0.05, 0.1) is 5.76 Å². The predicted octanol–water partition coefficient (Wildman–Crippen LogP) is 5.09. The third-order valence-electron chi connectivity index (χ3n) is 8.61. The van der Waals surface area contributed by atoms with Gasteiger partial charge in [0.15, 0.2) is 0 Å². The summed E-state index contributed by atoms with van der Waals surface area (Å²) in [6.45, 7) is 14.6. The molecular weight excluding hydrogens is 478 g/mol. The van der Waals surface area contributed by atoms with Gasteiger partial charge in [0.1, 0.15) is 0 Å². The SMILES string of the molecule is C.CC(C)[C@H](CN1CC[C@H](C2CCC(Cl)CC2)C(C)(C)C1)NCCCC1CC=C(O)CC1.N.O.O.O. The number of hydrogen-bond donors (Lipinski definition) is 3. The number of allylic oxidation sites excluding steroid dienone is 2. The van der Waals surface area contributed by atoms with Gasteiger partial charge in [-0.05, 0) is 106 Å². The molecule has 0 bridgehead atoms. The van der Waals surface area contributed by atoms with E-state index >= 15 is 0 Å². The van der Waals surface area contributed by atoms with Gasteiger partial charge in [0, 0.05) is 30.9 Å². The van der Waals surface area contributed by atoms with Crippen molar-refractivity contribution in [3.8, 4) is 0 Å². The van der Waals surface area contributed by atoms with E-state index in [0.29, 0.717) is 28.5 Å². The highest BCUT2D eigenvalue weighted by molar-refractivity contribution is 6.20. The summed E-state index contributed by atoms with van der Waals surface area (Å²) in [7, 11) is 0. The van der Waals surface area contributed by atoms with Crippen molar-refractivity contribution in [2.75, 3.05) is 26.2 Å². The fourth-order valence-corrected chi connectivity index (χ4v) is 6.85. The molecule has 11 N–H and O–H groups in total. The summed E-state index contributed by atoms with van der Waals surface area (Å²) >= 11 is 6.38. The molecule has 220 valence electrons. The summed E-state index contributed by atoms with van der Waals surface area (Å²) in [5.74, 6) is 3.79. The number of rotatable bonds is 9. The van der Waals surface area contributed by atoms with E-state index in [-0.39, 0.29) is 30.0 Å². The number of nitrogens with zero attached hydrogens (tertiary/aromatic N) is 1. The van der Waals surface area contributed by atoms with Crippen molar-refractivity contribution in [3.05, 3.63) is 11.8 Å². The van der Waals surface area contributed by atoms with Crippen molar-refractivity contribution in [1.82, 2.24) is 16.4 Å². The molecule has 2 aliphatic carbocycles. The first kappa shape index (κ1) is 40.1. The molecule has 0 radical (unpaired) electrons. The van der Waals surface area contributed by atoms with E-state index in [9.17, 15) is 5.11 Å². The summed E-state index contributed by atoms with van der Waals surface area (Å²) in [6, 6.07) is 0.578. The minimum Gasteiger partial charge on any atom is -0.513 e. The maximum atomic E-state index is 9.56. The van der Waals surface area contributed by atoms with E-state index in [2.05, 4.69) is 37.9 Å². The van der Waals surface area contributed by atoms with Crippen LogP contribution < -0.4 is 11.5 Å². The summed E-state index contributed by atoms with van der Waals surface area (Å²) in [6.07, 6.45) is 14.2. The van der Waals surface area contributed by atoms with Crippen molar-refractivity contribution in [1.29, 1.82) is 0 Å². The Bertz CT molecular complexity index is 583. The first-order valence-electron chi connectivity index (χ1n) is 13.2. The van der Waals surface area contributed by atoms with Crippen LogP contribution in [0.25, 0.3) is 0 Å². The summed E-state index contributed by atoms with van der Waals surface area (Å²) in [5, 5.41) is 13.9. The van der Waals surface area contributed by atoms with Crippen LogP contribution in [0.15, 0.2) is 11.8 Å². The molecular formula is C28H62ClN3O4. The van der Waals surface area contributed by atoms with E-state index in [1.807, 2.05) is 6.08 Å². The monoisotopic (exact) mass is 539 g/mol. The molecule has 3 aliphatic rings. The number of hydrogen-bond acceptors (Lipinski definition) is 4. The fourth-order valence-electron chi connectivity index (χ4n) is 6.60. The first-order chi connectivity index (χ1) is 14.7. The molecule has 7 nitrogen and oxygen atoms in total. The van der Waals surface area contributed by atoms with Crippen molar-refractivity contribution < 1.29 is 21.5 Å². The molecule has 1 heterocycles. The third-order valence-corrected chi connectivity index (χ3v) is 9.05. The van der Waals surface area contributed by atoms with E-state index in [1.54, 1.807) is 0 Å². The van der Waals surface area contributed by atoms with Crippen LogP contribution in [0.4, 0.5) is 0 Å². The van der Waals surface area contributed by atoms with Gasteiger partial charge in [-0.15, -0.1) is 11.6 Å². The fraction of sp³-hybridized carbons (Fsp3) is 0.929. The molecule has 1 unspecified atom stereocenters. The lowest BCUT2D eigenvalue weighted by Crippen LogP contribution is -2.53. The number of aliphatic hydroxyl groups excluding tert-OH is 1. The van der Waals surface area contributed by atoms with Gasteiger partial charge < -0.3 is 37.9 Å². The molecule has 0 aromatic rings. The van der Waals surface area contributed by atoms with E-state index in [1.165, 1.54) is 64.6 Å². The molecule has 3 atom stereocenters. The molecule has 0 aromatic carbocycles. The topological polar surface area (TPSA) is 165 Å². The van der Waals surface area contributed by atoms with Crippen LogP contribution in [0.1, 0.15) is 99.3 Å². The highest BCUT2D eigenvalue weighted by atomic mass is 35.5. The lowest BCUT2D eigenvalue weighted by molar-refractivity contribution is 0.00484. The standard InChI is InChI=1S/C27H49ClN2O.CH4.H3N.3H2O/c1-20(2)26(29-16-5-6-21-7-13-24(31)14-8-21)18-30-17-15-25(27(3,4)19-30)22-9-11-23(28)12-10-22;;;;;/h13,20-23,25-26,29,31H,5-12,14-19H2,1-4H3;1H4;1H3;3*1H2/t21?,22?,23?,25-,26+;;;;;/m1...../s1. The van der Waals surface area contributed by atoms with Crippen LogP contribution in [0.3, 0.4) is 0 Å². The molecule has 0 amide bonds. The lowest BCUT2D eigenvalue weighted by atomic mass is 9.64. The van der Waals surface area contributed by atoms with Crippen LogP contribution in [-0.2, 0) is 0 Å². The third kappa shape index (κ3) is 12.0. The van der Waals surface area contributed by atoms with Crippen LogP contribution >= 0.6 is 11.6 Å². The Kier molecular flexibility index (Phi) is 20.9. The highest BCUT2D eigenvalue weighted by Gasteiger charge is 2.41. The second kappa shape index (κ2) is 18.8. The molecule has 36 heavy (non-hydrogen) atoms. The Hall–Kier alpha value is -0.410. The summed E-state index contributed by atoms with van der Waals surface area (Å²) < 4.78 is 0. The zero-order chi connectivity index (χ0) is 22.4. The number of aliphatic hydroxyl groups is 1. The lowest BCUT2D eigenvalue weighted by Gasteiger charge is -2.49. The van der Waals surface area contributed by atoms with Crippen LogP contribution in [0.5, 0.6) is 0 Å². The van der Waals surface area contributed by atoms with Crippen molar-refractivity contribution in [3.63, 3.8) is 0 Å². The smallest absolute Gasteiger partial charge is 0.0883 e. The summed E-state index contributed by atoms with van der Waals surface area (Å²) in [5.41, 5.74) is 0.406. The average Bonchev–Trinajstić information content (AvgIpc) is 2.72. The minimum atomic E-state index is 0. The zero-order valence-corrected chi connectivity index (χ0v) is 23.7. The maximum absolute atomic E-state index is 9.56. The highest BCUT2D eigenvalue weighted by Crippen LogP contribution is 2.45. The molecule has 3 rings (SSSR count). The van der Waals surface area contributed by atoms with E-state index in [0.717, 1.165) is 43.6 Å². The average molecular weight is 540 g/mol. The normalized spacial score (nSPS) is 28.7. The van der Waals surface area contributed by atoms with E-state index in [4.69, 9.17) is 11.6 Å². The van der Waals surface area contributed by atoms with Gasteiger partial charge >= 0.3 is 0 Å². The van der Waals surface area contributed by atoms with Crippen LogP contribution in [0, 0.1) is 29.1 Å². The Balaban J connectivity index is -0.00000218. The Morgan fingerprint density at radius 1 is 1.08 bits per heavy atom. The molecule has 1 saturated heterocycles. The minimum absolute atomic E-state index is 0. The van der Waals surface area contributed by atoms with Crippen LogP contribution in [-0.4, -0.2) is 64.0 Å². The number of halogens is 1. The molecule has 8 heteroatoms. The Labute approximate surface area is 227 Å². The van der Waals surface area contributed by atoms with Gasteiger partial charge in [-0.25, -0.2) is 0 Å². The van der Waals surface area contributed by atoms with Crippen molar-refractivity contribution in [2.45, 2.75) is 111 Å². The van der Waals surface area contributed by atoms with Gasteiger partial charge in [0.2, 0.25) is 0 Å². The number of alkyl halides is 1. The van der Waals surface area contributed by atoms with Gasteiger partial charge in [-0.3, -0.25) is 0 Å².